The summed E-state index contributed by atoms with van der Waals surface area (Å²) in [5.74, 6) is 0.144. The molecule has 0 amide bonds. The van der Waals surface area contributed by atoms with Gasteiger partial charge in [0, 0.05) is 16.8 Å². The van der Waals surface area contributed by atoms with E-state index in [0.717, 1.165) is 5.56 Å². The summed E-state index contributed by atoms with van der Waals surface area (Å²) >= 11 is 5.84. The van der Waals surface area contributed by atoms with E-state index in [-0.39, 0.29) is 11.5 Å². The fourth-order valence-electron chi connectivity index (χ4n) is 2.21. The van der Waals surface area contributed by atoms with Crippen LogP contribution in [0.2, 0.25) is 5.02 Å². The molecular weight excluding hydrogens is 350 g/mol. The number of aryl methyl sites for hydroxylation is 1. The third kappa shape index (κ3) is 4.46. The molecule has 0 spiro atoms. The standard InChI is InChI=1S/C20H16ClN3O2/c1-13-2-8-18(20(26)10-13)22-12-14-11-17(7-9-19(14)25)24-23-16-5-3-15(21)4-6-16/h2-12,25-26H,1H3. The minimum absolute atomic E-state index is 0.0609. The highest BCUT2D eigenvalue weighted by Gasteiger charge is 2.03. The van der Waals surface area contributed by atoms with Crippen LogP contribution in [-0.4, -0.2) is 16.4 Å². The van der Waals surface area contributed by atoms with Crippen molar-refractivity contribution in [2.45, 2.75) is 6.92 Å². The fourth-order valence-corrected chi connectivity index (χ4v) is 2.34. The summed E-state index contributed by atoms with van der Waals surface area (Å²) in [6, 6.07) is 17.0. The summed E-state index contributed by atoms with van der Waals surface area (Å²) in [6.45, 7) is 1.88. The fraction of sp³-hybridized carbons (Fsp3) is 0.0500. The van der Waals surface area contributed by atoms with Gasteiger partial charge in [0.1, 0.15) is 17.2 Å². The lowest BCUT2D eigenvalue weighted by Gasteiger charge is -2.02. The van der Waals surface area contributed by atoms with Crippen LogP contribution in [-0.2, 0) is 0 Å². The Hall–Kier alpha value is -3.18. The topological polar surface area (TPSA) is 77.5 Å². The lowest BCUT2D eigenvalue weighted by atomic mass is 10.2. The van der Waals surface area contributed by atoms with Gasteiger partial charge in [-0.15, -0.1) is 0 Å². The van der Waals surface area contributed by atoms with E-state index in [9.17, 15) is 10.2 Å². The molecule has 0 unspecified atom stereocenters. The minimum atomic E-state index is 0.0609. The van der Waals surface area contributed by atoms with Gasteiger partial charge in [-0.3, -0.25) is 4.99 Å². The predicted octanol–water partition coefficient (Wildman–Crippen LogP) is 6.23. The molecule has 6 heteroatoms. The molecule has 26 heavy (non-hydrogen) atoms. The molecule has 3 rings (SSSR count). The van der Waals surface area contributed by atoms with Gasteiger partial charge in [0.2, 0.25) is 0 Å². The highest BCUT2D eigenvalue weighted by molar-refractivity contribution is 6.30. The molecule has 0 radical (unpaired) electrons. The number of nitrogens with zero attached hydrogens (tertiary/aromatic N) is 3. The maximum Gasteiger partial charge on any atom is 0.141 e. The number of halogens is 1. The summed E-state index contributed by atoms with van der Waals surface area (Å²) in [4.78, 5) is 4.23. The van der Waals surface area contributed by atoms with Crippen LogP contribution in [0.15, 0.2) is 75.9 Å². The first-order valence-electron chi connectivity index (χ1n) is 7.85. The third-order valence-corrected chi connectivity index (χ3v) is 3.84. The Bertz CT molecular complexity index is 983. The minimum Gasteiger partial charge on any atom is -0.507 e. The molecule has 3 aromatic rings. The Morgan fingerprint density at radius 3 is 2.23 bits per heavy atom. The summed E-state index contributed by atoms with van der Waals surface area (Å²) in [5, 5.41) is 28.8. The van der Waals surface area contributed by atoms with Gasteiger partial charge in [0.15, 0.2) is 0 Å². The smallest absolute Gasteiger partial charge is 0.141 e. The third-order valence-electron chi connectivity index (χ3n) is 3.59. The Balaban J connectivity index is 1.83. The number of aliphatic imine (C=N–C) groups is 1. The van der Waals surface area contributed by atoms with Crippen LogP contribution in [0.1, 0.15) is 11.1 Å². The van der Waals surface area contributed by atoms with Crippen molar-refractivity contribution in [2.75, 3.05) is 0 Å². The second-order valence-electron chi connectivity index (χ2n) is 5.67. The van der Waals surface area contributed by atoms with Crippen LogP contribution >= 0.6 is 11.6 Å². The summed E-state index contributed by atoms with van der Waals surface area (Å²) < 4.78 is 0. The normalized spacial score (nSPS) is 11.5. The van der Waals surface area contributed by atoms with Crippen molar-refractivity contribution in [3.63, 3.8) is 0 Å². The number of hydrogen-bond donors (Lipinski definition) is 2. The monoisotopic (exact) mass is 365 g/mol. The summed E-state index contributed by atoms with van der Waals surface area (Å²) in [7, 11) is 0. The van der Waals surface area contributed by atoms with Crippen molar-refractivity contribution in [1.29, 1.82) is 0 Å². The second kappa shape index (κ2) is 7.80. The van der Waals surface area contributed by atoms with E-state index >= 15 is 0 Å². The quantitative estimate of drug-likeness (QED) is 0.425. The number of hydrogen-bond acceptors (Lipinski definition) is 5. The zero-order valence-electron chi connectivity index (χ0n) is 14.0. The van der Waals surface area contributed by atoms with Crippen molar-refractivity contribution in [3.05, 3.63) is 76.8 Å². The van der Waals surface area contributed by atoms with Crippen LogP contribution in [0.4, 0.5) is 17.1 Å². The maximum atomic E-state index is 10.0. The Kier molecular flexibility index (Phi) is 5.29. The first-order chi connectivity index (χ1) is 12.5. The molecule has 0 heterocycles. The van der Waals surface area contributed by atoms with E-state index in [4.69, 9.17) is 11.6 Å². The molecule has 0 bridgehead atoms. The van der Waals surface area contributed by atoms with Crippen molar-refractivity contribution in [3.8, 4) is 11.5 Å². The van der Waals surface area contributed by atoms with Crippen molar-refractivity contribution < 1.29 is 10.2 Å². The molecule has 0 saturated heterocycles. The van der Waals surface area contributed by atoms with Gasteiger partial charge in [0.05, 0.1) is 11.4 Å². The average molecular weight is 366 g/mol. The highest BCUT2D eigenvalue weighted by atomic mass is 35.5. The van der Waals surface area contributed by atoms with Gasteiger partial charge < -0.3 is 10.2 Å². The first kappa shape index (κ1) is 17.6. The van der Waals surface area contributed by atoms with Gasteiger partial charge >= 0.3 is 0 Å². The number of phenolic OH excluding ortho intramolecular Hbond substituents is 2. The summed E-state index contributed by atoms with van der Waals surface area (Å²) in [6.07, 6.45) is 1.47. The van der Waals surface area contributed by atoms with Gasteiger partial charge in [0.25, 0.3) is 0 Å². The zero-order valence-corrected chi connectivity index (χ0v) is 14.7. The van der Waals surface area contributed by atoms with Crippen molar-refractivity contribution in [1.82, 2.24) is 0 Å². The van der Waals surface area contributed by atoms with Crippen molar-refractivity contribution in [2.24, 2.45) is 15.2 Å². The van der Waals surface area contributed by atoms with Crippen molar-refractivity contribution >= 4 is 34.9 Å². The van der Waals surface area contributed by atoms with Gasteiger partial charge in [-0.2, -0.15) is 10.2 Å². The number of rotatable bonds is 4. The Labute approximate surface area is 156 Å². The van der Waals surface area contributed by atoms with Gasteiger partial charge in [-0.1, -0.05) is 17.7 Å². The molecule has 0 atom stereocenters. The van der Waals surface area contributed by atoms with Gasteiger partial charge in [-0.25, -0.2) is 0 Å². The molecule has 0 saturated carbocycles. The van der Waals surface area contributed by atoms with Gasteiger partial charge in [-0.05, 0) is 67.1 Å². The number of benzene rings is 3. The predicted molar refractivity (Wildman–Crippen MR) is 104 cm³/mol. The van der Waals surface area contributed by atoms with E-state index < -0.39 is 0 Å². The van der Waals surface area contributed by atoms with E-state index in [0.29, 0.717) is 27.6 Å². The SMILES string of the molecule is Cc1ccc(N=Cc2cc(N=Nc3ccc(Cl)cc3)ccc2O)c(O)c1. The molecule has 3 aromatic carbocycles. The maximum absolute atomic E-state index is 10.0. The molecule has 5 nitrogen and oxygen atoms in total. The largest absolute Gasteiger partial charge is 0.507 e. The molecule has 0 aromatic heterocycles. The van der Waals surface area contributed by atoms with Crippen LogP contribution < -0.4 is 0 Å². The lowest BCUT2D eigenvalue weighted by Crippen LogP contribution is -1.82. The van der Waals surface area contributed by atoms with E-state index in [2.05, 4.69) is 15.2 Å². The molecule has 0 fully saturated rings. The van der Waals surface area contributed by atoms with E-state index in [1.54, 1.807) is 48.5 Å². The second-order valence-corrected chi connectivity index (χ2v) is 6.11. The number of phenols is 2. The number of azo groups is 1. The summed E-state index contributed by atoms with van der Waals surface area (Å²) in [5.41, 5.74) is 3.06. The van der Waals surface area contributed by atoms with Crippen LogP contribution in [0.5, 0.6) is 11.5 Å². The van der Waals surface area contributed by atoms with Crippen LogP contribution in [0.3, 0.4) is 0 Å². The Morgan fingerprint density at radius 2 is 1.50 bits per heavy atom. The van der Waals surface area contributed by atoms with Crippen LogP contribution in [0.25, 0.3) is 0 Å². The first-order valence-corrected chi connectivity index (χ1v) is 8.23. The molecule has 0 aliphatic carbocycles. The molecule has 0 aliphatic heterocycles. The highest BCUT2D eigenvalue weighted by Crippen LogP contribution is 2.29. The average Bonchev–Trinajstić information content (AvgIpc) is 2.62. The van der Waals surface area contributed by atoms with E-state index in [1.807, 2.05) is 13.0 Å². The Morgan fingerprint density at radius 1 is 0.808 bits per heavy atom. The zero-order chi connectivity index (χ0) is 18.5. The molecule has 130 valence electrons. The number of aromatic hydroxyl groups is 2. The van der Waals surface area contributed by atoms with Crippen LogP contribution in [0, 0.1) is 6.92 Å². The molecule has 2 N–H and O–H groups in total. The van der Waals surface area contributed by atoms with E-state index in [1.165, 1.54) is 12.3 Å². The lowest BCUT2D eigenvalue weighted by molar-refractivity contribution is 0.474. The molecular formula is C20H16ClN3O2. The molecule has 0 aliphatic rings.